The van der Waals surface area contributed by atoms with Crippen molar-refractivity contribution < 1.29 is 23.1 Å². The summed E-state index contributed by atoms with van der Waals surface area (Å²) in [6, 6.07) is 2.79. The monoisotopic (exact) mass is 566 g/mol. The van der Waals surface area contributed by atoms with Gasteiger partial charge in [0, 0.05) is 36.2 Å². The standard InChI is InChI=1S/C28H28F2N6O3S/c1-39-21-15-31-20(25(29)30)11-18(21)17-12-22(36-10-9-28(7-2-8-28)13-24(36)37)32-14-19(17)26(38)33-27-35-34-23(40-27)6-5-16-3-4-16/h11-12,14-16,23,25,34H,2-4,7-10,13H2,1H3,(H,33,35,38). The zero-order valence-corrected chi connectivity index (χ0v) is 22.7. The molecule has 4 aliphatic rings. The molecule has 2 saturated carbocycles. The van der Waals surface area contributed by atoms with E-state index in [9.17, 15) is 18.4 Å². The van der Waals surface area contributed by atoms with E-state index in [0.717, 1.165) is 38.5 Å². The number of alkyl halides is 2. The number of halogens is 2. The molecule has 0 radical (unpaired) electrons. The molecule has 2 amide bonds. The van der Waals surface area contributed by atoms with Gasteiger partial charge in [-0.1, -0.05) is 18.3 Å². The van der Waals surface area contributed by atoms with Crippen LogP contribution in [0.2, 0.25) is 0 Å². The number of nitrogens with zero attached hydrogens (tertiary/aromatic N) is 4. The molecule has 40 heavy (non-hydrogen) atoms. The summed E-state index contributed by atoms with van der Waals surface area (Å²) in [4.78, 5) is 36.5. The molecule has 3 fully saturated rings. The number of nitrogens with one attached hydrogen (secondary N) is 2. The predicted octanol–water partition coefficient (Wildman–Crippen LogP) is 4.46. The summed E-state index contributed by atoms with van der Waals surface area (Å²) >= 11 is 1.28. The minimum Gasteiger partial charge on any atom is -0.494 e. The number of carbonyl (C=O) groups excluding carboxylic acids is 2. The number of pyridine rings is 2. The molecule has 1 spiro atoms. The first-order valence-corrected chi connectivity index (χ1v) is 14.2. The van der Waals surface area contributed by atoms with Crippen molar-refractivity contribution in [2.24, 2.45) is 16.4 Å². The molecule has 6 rings (SSSR count). The van der Waals surface area contributed by atoms with Crippen molar-refractivity contribution in [1.29, 1.82) is 0 Å². The summed E-state index contributed by atoms with van der Waals surface area (Å²) in [5.74, 6) is 6.72. The van der Waals surface area contributed by atoms with Gasteiger partial charge in [0.25, 0.3) is 12.3 Å². The number of thioether (sulfide) groups is 1. The van der Waals surface area contributed by atoms with Gasteiger partial charge in [0.05, 0.1) is 18.9 Å². The first-order valence-electron chi connectivity index (χ1n) is 13.3. The van der Waals surface area contributed by atoms with Gasteiger partial charge in [0.1, 0.15) is 17.3 Å². The van der Waals surface area contributed by atoms with Crippen molar-refractivity contribution in [3.8, 4) is 28.7 Å². The van der Waals surface area contributed by atoms with Crippen LogP contribution in [0, 0.1) is 23.2 Å². The number of amides is 2. The fraction of sp³-hybridized carbons (Fsp3) is 0.464. The Hall–Kier alpha value is -3.72. The lowest BCUT2D eigenvalue weighted by Gasteiger charge is -2.47. The first-order chi connectivity index (χ1) is 19.3. The molecule has 208 valence electrons. The summed E-state index contributed by atoms with van der Waals surface area (Å²) in [7, 11) is 1.40. The van der Waals surface area contributed by atoms with Gasteiger partial charge >= 0.3 is 0 Å². The smallest absolute Gasteiger partial charge is 0.280 e. The van der Waals surface area contributed by atoms with Crippen LogP contribution in [-0.4, -0.2) is 46.0 Å². The van der Waals surface area contributed by atoms with E-state index in [1.54, 1.807) is 11.0 Å². The van der Waals surface area contributed by atoms with E-state index in [2.05, 4.69) is 37.7 Å². The third-order valence-electron chi connectivity index (χ3n) is 7.87. The number of methoxy groups -OCH3 is 1. The molecule has 2 aromatic heterocycles. The number of anilines is 1. The van der Waals surface area contributed by atoms with E-state index < -0.39 is 18.0 Å². The van der Waals surface area contributed by atoms with Crippen LogP contribution in [0.5, 0.6) is 5.75 Å². The van der Waals surface area contributed by atoms with Crippen LogP contribution in [0.25, 0.3) is 11.1 Å². The maximum absolute atomic E-state index is 13.6. The molecule has 1 unspecified atom stereocenters. The molecule has 2 aliphatic heterocycles. The number of ether oxygens (including phenoxy) is 1. The van der Waals surface area contributed by atoms with Gasteiger partial charge in [0.2, 0.25) is 5.91 Å². The van der Waals surface area contributed by atoms with Crippen molar-refractivity contribution in [2.75, 3.05) is 18.6 Å². The normalized spacial score (nSPS) is 21.3. The number of hydrogen-bond donors (Lipinski definition) is 2. The largest absolute Gasteiger partial charge is 0.494 e. The quantitative estimate of drug-likeness (QED) is 0.515. The minimum absolute atomic E-state index is 0.0299. The van der Waals surface area contributed by atoms with Crippen molar-refractivity contribution in [1.82, 2.24) is 20.7 Å². The second-order valence-corrected chi connectivity index (χ2v) is 11.7. The summed E-state index contributed by atoms with van der Waals surface area (Å²) < 4.78 is 32.7. The van der Waals surface area contributed by atoms with Crippen LogP contribution in [0.1, 0.15) is 67.4 Å². The zero-order chi connectivity index (χ0) is 27.9. The SMILES string of the molecule is COc1cnc(C(F)F)cc1-c1cc(N2CCC3(CCC3)CC2=O)ncc1C(=O)NC1=NNC(C#CC2CC2)S1. The lowest BCUT2D eigenvalue weighted by Crippen LogP contribution is -2.47. The average Bonchev–Trinajstić information content (AvgIpc) is 3.67. The molecular formula is C28H28F2N6O3S. The Labute approximate surface area is 234 Å². The number of carbonyl (C=O) groups is 2. The molecule has 1 saturated heterocycles. The number of rotatable bonds is 5. The lowest BCUT2D eigenvalue weighted by atomic mass is 9.63. The Kier molecular flexibility index (Phi) is 7.08. The highest BCUT2D eigenvalue weighted by atomic mass is 32.2. The fourth-order valence-electron chi connectivity index (χ4n) is 5.26. The Bertz CT molecular complexity index is 1450. The second-order valence-electron chi connectivity index (χ2n) is 10.6. The van der Waals surface area contributed by atoms with Crippen LogP contribution < -0.4 is 20.4 Å². The van der Waals surface area contributed by atoms with Gasteiger partial charge in [-0.05, 0) is 61.4 Å². The molecule has 4 heterocycles. The number of hydrogen-bond acceptors (Lipinski definition) is 8. The van der Waals surface area contributed by atoms with E-state index >= 15 is 0 Å². The molecule has 1 atom stereocenters. The first kappa shape index (κ1) is 26.5. The van der Waals surface area contributed by atoms with Gasteiger partial charge in [0.15, 0.2) is 10.5 Å². The highest BCUT2D eigenvalue weighted by Crippen LogP contribution is 2.49. The van der Waals surface area contributed by atoms with Crippen molar-refractivity contribution in [3.63, 3.8) is 0 Å². The van der Waals surface area contributed by atoms with Gasteiger partial charge in [-0.15, -0.1) is 0 Å². The Morgan fingerprint density at radius 3 is 2.70 bits per heavy atom. The van der Waals surface area contributed by atoms with E-state index in [4.69, 9.17) is 4.74 Å². The minimum atomic E-state index is -2.82. The number of amidine groups is 1. The molecule has 12 heteroatoms. The average molecular weight is 567 g/mol. The Morgan fingerprint density at radius 2 is 2.02 bits per heavy atom. The second kappa shape index (κ2) is 10.7. The van der Waals surface area contributed by atoms with Crippen molar-refractivity contribution in [2.45, 2.75) is 56.7 Å². The van der Waals surface area contributed by atoms with Crippen LogP contribution in [0.4, 0.5) is 14.6 Å². The zero-order valence-electron chi connectivity index (χ0n) is 21.9. The fourth-order valence-corrected chi connectivity index (χ4v) is 5.97. The van der Waals surface area contributed by atoms with Crippen molar-refractivity contribution >= 4 is 34.6 Å². The summed E-state index contributed by atoms with van der Waals surface area (Å²) in [5.41, 5.74) is 3.18. The van der Waals surface area contributed by atoms with Gasteiger partial charge in [-0.2, -0.15) is 5.10 Å². The van der Waals surface area contributed by atoms with E-state index in [-0.39, 0.29) is 33.6 Å². The molecule has 2 aromatic rings. The summed E-state index contributed by atoms with van der Waals surface area (Å²) in [6.45, 7) is 0.509. The Morgan fingerprint density at radius 1 is 1.20 bits per heavy atom. The van der Waals surface area contributed by atoms with Gasteiger partial charge in [-0.3, -0.25) is 30.2 Å². The Balaban J connectivity index is 1.32. The lowest BCUT2D eigenvalue weighted by molar-refractivity contribution is -0.124. The highest BCUT2D eigenvalue weighted by molar-refractivity contribution is 8.14. The number of aromatic nitrogens is 2. The molecule has 0 bridgehead atoms. The molecule has 2 aliphatic carbocycles. The third-order valence-corrected chi connectivity index (χ3v) is 8.74. The number of piperidine rings is 1. The van der Waals surface area contributed by atoms with Crippen LogP contribution in [-0.2, 0) is 4.79 Å². The van der Waals surface area contributed by atoms with E-state index in [0.29, 0.717) is 35.4 Å². The van der Waals surface area contributed by atoms with Crippen LogP contribution in [0.15, 0.2) is 29.6 Å². The van der Waals surface area contributed by atoms with E-state index in [1.165, 1.54) is 37.3 Å². The predicted molar refractivity (Wildman–Crippen MR) is 147 cm³/mol. The number of hydrazone groups is 1. The van der Waals surface area contributed by atoms with Crippen LogP contribution >= 0.6 is 11.8 Å². The maximum Gasteiger partial charge on any atom is 0.280 e. The summed E-state index contributed by atoms with van der Waals surface area (Å²) in [5, 5.41) is 7.00. The summed E-state index contributed by atoms with van der Waals surface area (Å²) in [6.07, 6.45) is 6.53. The van der Waals surface area contributed by atoms with E-state index in [1.807, 2.05) is 0 Å². The molecule has 2 N–H and O–H groups in total. The van der Waals surface area contributed by atoms with Crippen molar-refractivity contribution in [3.05, 3.63) is 35.8 Å². The molecule has 0 aromatic carbocycles. The highest BCUT2D eigenvalue weighted by Gasteiger charge is 2.44. The maximum atomic E-state index is 13.6. The third kappa shape index (κ3) is 5.35. The molecule has 9 nitrogen and oxygen atoms in total. The van der Waals surface area contributed by atoms with Gasteiger partial charge in [-0.25, -0.2) is 13.8 Å². The van der Waals surface area contributed by atoms with Crippen LogP contribution in [0.3, 0.4) is 0 Å². The topological polar surface area (TPSA) is 109 Å². The molecular weight excluding hydrogens is 538 g/mol. The van der Waals surface area contributed by atoms with Gasteiger partial charge < -0.3 is 4.74 Å².